The zero-order valence-electron chi connectivity index (χ0n) is 26.5. The zero-order valence-corrected chi connectivity index (χ0v) is 26.5. The van der Waals surface area contributed by atoms with E-state index in [0.717, 1.165) is 55.6 Å². The minimum Gasteiger partial charge on any atom is -0.456 e. The predicted octanol–water partition coefficient (Wildman–Crippen LogP) is 12.5. The van der Waals surface area contributed by atoms with Crippen molar-refractivity contribution in [1.29, 1.82) is 0 Å². The van der Waals surface area contributed by atoms with Crippen LogP contribution in [0.4, 0.5) is 0 Å². The number of rotatable bonds is 4. The van der Waals surface area contributed by atoms with E-state index >= 15 is 0 Å². The minimum absolute atomic E-state index is 0.685. The smallest absolute Gasteiger partial charge is 0.160 e. The molecule has 10 rings (SSSR count). The topological polar surface area (TPSA) is 38.9 Å². The van der Waals surface area contributed by atoms with E-state index in [4.69, 9.17) is 14.4 Å². The normalized spacial score (nSPS) is 11.7. The fourth-order valence-corrected chi connectivity index (χ4v) is 7.31. The molecule has 0 aliphatic carbocycles. The summed E-state index contributed by atoms with van der Waals surface area (Å²) in [6, 6.07) is 59.8. The van der Waals surface area contributed by atoms with E-state index in [1.165, 1.54) is 37.9 Å². The van der Waals surface area contributed by atoms with Gasteiger partial charge in [0.05, 0.1) is 11.4 Å². The molecule has 2 aromatic heterocycles. The molecule has 10 aromatic rings. The molecule has 49 heavy (non-hydrogen) atoms. The van der Waals surface area contributed by atoms with E-state index in [1.54, 1.807) is 0 Å². The third-order valence-corrected chi connectivity index (χ3v) is 9.65. The van der Waals surface area contributed by atoms with Gasteiger partial charge in [0.15, 0.2) is 5.82 Å². The van der Waals surface area contributed by atoms with Crippen molar-refractivity contribution in [1.82, 2.24) is 9.97 Å². The second kappa shape index (κ2) is 11.0. The Morgan fingerprint density at radius 1 is 0.327 bits per heavy atom. The van der Waals surface area contributed by atoms with Crippen molar-refractivity contribution in [2.24, 2.45) is 0 Å². The SMILES string of the molecule is c1ccc(-c2nc(-c3cccc(-c4c5ccccc5cc5c4ccc4ccccc45)c3)cc(-c3ccc4c(c3)oc3ccccc34)n2)cc1. The van der Waals surface area contributed by atoms with Crippen molar-refractivity contribution in [3.63, 3.8) is 0 Å². The van der Waals surface area contributed by atoms with Gasteiger partial charge in [0, 0.05) is 27.5 Å². The minimum atomic E-state index is 0.685. The van der Waals surface area contributed by atoms with Crippen molar-refractivity contribution < 1.29 is 4.42 Å². The third kappa shape index (κ3) is 4.59. The Balaban J connectivity index is 1.18. The molecule has 0 spiro atoms. The highest BCUT2D eigenvalue weighted by atomic mass is 16.3. The van der Waals surface area contributed by atoms with Crippen LogP contribution in [0.15, 0.2) is 174 Å². The van der Waals surface area contributed by atoms with E-state index in [1.807, 2.05) is 36.4 Å². The quantitative estimate of drug-likeness (QED) is 0.144. The Morgan fingerprint density at radius 3 is 1.82 bits per heavy atom. The molecule has 0 bridgehead atoms. The summed E-state index contributed by atoms with van der Waals surface area (Å²) in [5, 5.41) is 9.67. The molecule has 228 valence electrons. The Bertz CT molecular complexity index is 2890. The first-order valence-corrected chi connectivity index (χ1v) is 16.6. The summed E-state index contributed by atoms with van der Waals surface area (Å²) in [6.07, 6.45) is 0. The number of hydrogen-bond donors (Lipinski definition) is 0. The largest absolute Gasteiger partial charge is 0.456 e. The summed E-state index contributed by atoms with van der Waals surface area (Å²) in [7, 11) is 0. The monoisotopic (exact) mass is 624 g/mol. The highest BCUT2D eigenvalue weighted by Gasteiger charge is 2.16. The second-order valence-corrected chi connectivity index (χ2v) is 12.6. The standard InChI is InChI=1S/C46H28N2O/c1-2-12-30(13-3-1)46-47-41(28-42(48-46)33-22-23-38-37-19-8-9-20-43(37)49-44(38)27-33)32-15-10-16-34(25-32)45-36-18-7-5-14-31(36)26-40-35-17-6-4-11-29(35)21-24-39(40)45/h1-28H. The number of hydrogen-bond acceptors (Lipinski definition) is 3. The van der Waals surface area contributed by atoms with Crippen LogP contribution in [0.1, 0.15) is 0 Å². The van der Waals surface area contributed by atoms with E-state index < -0.39 is 0 Å². The molecule has 0 fully saturated rings. The summed E-state index contributed by atoms with van der Waals surface area (Å²) in [4.78, 5) is 10.3. The molecule has 0 aliphatic heterocycles. The molecular weight excluding hydrogens is 597 g/mol. The molecule has 0 aliphatic rings. The summed E-state index contributed by atoms with van der Waals surface area (Å²) in [6.45, 7) is 0. The van der Waals surface area contributed by atoms with Crippen LogP contribution in [0, 0.1) is 0 Å². The summed E-state index contributed by atoms with van der Waals surface area (Å²) >= 11 is 0. The van der Waals surface area contributed by atoms with Crippen LogP contribution in [0.2, 0.25) is 0 Å². The van der Waals surface area contributed by atoms with Crippen molar-refractivity contribution in [3.8, 4) is 45.0 Å². The van der Waals surface area contributed by atoms with Gasteiger partial charge in [-0.1, -0.05) is 133 Å². The van der Waals surface area contributed by atoms with Crippen LogP contribution in [-0.4, -0.2) is 9.97 Å². The van der Waals surface area contributed by atoms with Gasteiger partial charge < -0.3 is 4.42 Å². The summed E-state index contributed by atoms with van der Waals surface area (Å²) < 4.78 is 6.26. The number of aromatic nitrogens is 2. The fourth-order valence-electron chi connectivity index (χ4n) is 7.31. The van der Waals surface area contributed by atoms with Crippen molar-refractivity contribution in [2.75, 3.05) is 0 Å². The maximum absolute atomic E-state index is 6.26. The first-order chi connectivity index (χ1) is 24.3. The average molecular weight is 625 g/mol. The number of benzene rings is 8. The van der Waals surface area contributed by atoms with E-state index in [0.29, 0.717) is 5.82 Å². The number of furan rings is 1. The molecule has 0 radical (unpaired) electrons. The number of fused-ring (bicyclic) bond motifs is 7. The van der Waals surface area contributed by atoms with Gasteiger partial charge in [-0.3, -0.25) is 0 Å². The third-order valence-electron chi connectivity index (χ3n) is 9.65. The molecule has 0 saturated carbocycles. The highest BCUT2D eigenvalue weighted by Crippen LogP contribution is 2.41. The van der Waals surface area contributed by atoms with Gasteiger partial charge in [-0.2, -0.15) is 0 Å². The van der Waals surface area contributed by atoms with Crippen LogP contribution in [0.3, 0.4) is 0 Å². The van der Waals surface area contributed by atoms with E-state index in [2.05, 4.69) is 133 Å². The van der Waals surface area contributed by atoms with Crippen LogP contribution < -0.4 is 0 Å². The van der Waals surface area contributed by atoms with Gasteiger partial charge in [0.25, 0.3) is 0 Å². The van der Waals surface area contributed by atoms with Gasteiger partial charge >= 0.3 is 0 Å². The Kier molecular flexibility index (Phi) is 6.18. The average Bonchev–Trinajstić information content (AvgIpc) is 3.55. The van der Waals surface area contributed by atoms with Crippen molar-refractivity contribution >= 4 is 54.3 Å². The lowest BCUT2D eigenvalue weighted by molar-refractivity contribution is 0.669. The van der Waals surface area contributed by atoms with Crippen molar-refractivity contribution in [3.05, 3.63) is 170 Å². The molecule has 0 N–H and O–H groups in total. The van der Waals surface area contributed by atoms with E-state index in [9.17, 15) is 0 Å². The maximum atomic E-state index is 6.26. The van der Waals surface area contributed by atoms with Crippen LogP contribution in [0.5, 0.6) is 0 Å². The van der Waals surface area contributed by atoms with Gasteiger partial charge in [-0.05, 0) is 79.8 Å². The maximum Gasteiger partial charge on any atom is 0.160 e. The van der Waals surface area contributed by atoms with Crippen LogP contribution >= 0.6 is 0 Å². The summed E-state index contributed by atoms with van der Waals surface area (Å²) in [5.41, 5.74) is 8.81. The van der Waals surface area contributed by atoms with Gasteiger partial charge in [0.1, 0.15) is 11.2 Å². The van der Waals surface area contributed by atoms with E-state index in [-0.39, 0.29) is 0 Å². The van der Waals surface area contributed by atoms with Gasteiger partial charge in [0.2, 0.25) is 0 Å². The first kappa shape index (κ1) is 27.5. The van der Waals surface area contributed by atoms with Crippen molar-refractivity contribution in [2.45, 2.75) is 0 Å². The second-order valence-electron chi connectivity index (χ2n) is 12.6. The summed E-state index contributed by atoms with van der Waals surface area (Å²) in [5.74, 6) is 0.685. The lowest BCUT2D eigenvalue weighted by Gasteiger charge is -2.15. The fraction of sp³-hybridized carbons (Fsp3) is 0. The molecule has 0 unspecified atom stereocenters. The van der Waals surface area contributed by atoms with Gasteiger partial charge in [-0.15, -0.1) is 0 Å². The zero-order chi connectivity index (χ0) is 32.3. The number of nitrogens with zero attached hydrogens (tertiary/aromatic N) is 2. The Morgan fingerprint density at radius 2 is 0.959 bits per heavy atom. The van der Waals surface area contributed by atoms with Gasteiger partial charge in [-0.25, -0.2) is 9.97 Å². The van der Waals surface area contributed by atoms with Crippen LogP contribution in [-0.2, 0) is 0 Å². The first-order valence-electron chi connectivity index (χ1n) is 16.6. The molecule has 0 amide bonds. The molecular formula is C46H28N2O. The molecule has 3 nitrogen and oxygen atoms in total. The molecule has 0 atom stereocenters. The van der Waals surface area contributed by atoms with Crippen LogP contribution in [0.25, 0.3) is 99.3 Å². The number of para-hydroxylation sites is 1. The molecule has 3 heteroatoms. The Hall–Kier alpha value is -6.58. The highest BCUT2D eigenvalue weighted by molar-refractivity contribution is 6.20. The molecule has 8 aromatic carbocycles. The molecule has 2 heterocycles. The molecule has 0 saturated heterocycles. The predicted molar refractivity (Wildman–Crippen MR) is 204 cm³/mol. The lowest BCUT2D eigenvalue weighted by Crippen LogP contribution is -1.96. The Labute approximate surface area is 282 Å². The lowest BCUT2D eigenvalue weighted by atomic mass is 9.89.